The van der Waals surface area contributed by atoms with Crippen LogP contribution in [0.3, 0.4) is 0 Å². The van der Waals surface area contributed by atoms with Crippen molar-refractivity contribution < 1.29 is 14.3 Å². The molecule has 1 aromatic carbocycles. The number of aliphatic imine (C=N–C) groups is 1. The summed E-state index contributed by atoms with van der Waals surface area (Å²) >= 11 is 0. The first-order valence-electron chi connectivity index (χ1n) is 7.24. The highest BCUT2D eigenvalue weighted by molar-refractivity contribution is 5.84. The maximum atomic E-state index is 11.5. The van der Waals surface area contributed by atoms with Crippen molar-refractivity contribution >= 4 is 11.9 Å². The standard InChI is InChI=1S/C15H22N4O3/c1-21-9-7-17-14(20)10-18-15(16)19-12-6-8-22-13-5-3-2-4-11(12)13/h2-5,12H,6-10H2,1H3,(H,17,20)(H3,16,18,19). The zero-order valence-corrected chi connectivity index (χ0v) is 12.7. The molecule has 0 radical (unpaired) electrons. The average molecular weight is 306 g/mol. The van der Waals surface area contributed by atoms with E-state index in [2.05, 4.69) is 15.6 Å². The summed E-state index contributed by atoms with van der Waals surface area (Å²) < 4.78 is 10.4. The minimum atomic E-state index is -0.186. The quantitative estimate of drug-likeness (QED) is 0.395. The van der Waals surface area contributed by atoms with Gasteiger partial charge in [0.2, 0.25) is 5.91 Å². The smallest absolute Gasteiger partial charge is 0.241 e. The second-order valence-electron chi connectivity index (χ2n) is 4.92. The Morgan fingerprint density at radius 3 is 3.14 bits per heavy atom. The molecule has 1 amide bonds. The number of nitrogens with zero attached hydrogens (tertiary/aromatic N) is 1. The summed E-state index contributed by atoms with van der Waals surface area (Å²) in [6, 6.07) is 7.86. The molecule has 0 fully saturated rings. The Morgan fingerprint density at radius 2 is 2.32 bits per heavy atom. The number of hydrogen-bond acceptors (Lipinski definition) is 4. The van der Waals surface area contributed by atoms with Gasteiger partial charge in [0.25, 0.3) is 0 Å². The second kappa shape index (κ2) is 8.23. The van der Waals surface area contributed by atoms with Gasteiger partial charge in [0.05, 0.1) is 19.3 Å². The first kappa shape index (κ1) is 16.1. The first-order chi connectivity index (χ1) is 10.7. The molecule has 0 aromatic heterocycles. The molecule has 1 aromatic rings. The van der Waals surface area contributed by atoms with Gasteiger partial charge in [-0.1, -0.05) is 18.2 Å². The van der Waals surface area contributed by atoms with Crippen LogP contribution in [0.1, 0.15) is 18.0 Å². The summed E-state index contributed by atoms with van der Waals surface area (Å²) in [5.41, 5.74) is 6.91. The Morgan fingerprint density at radius 1 is 1.50 bits per heavy atom. The van der Waals surface area contributed by atoms with Crippen LogP contribution in [-0.4, -0.2) is 45.3 Å². The molecule has 1 aliphatic heterocycles. The lowest BCUT2D eigenvalue weighted by atomic mass is 10.0. The van der Waals surface area contributed by atoms with Gasteiger partial charge < -0.3 is 25.8 Å². The minimum absolute atomic E-state index is 0.00653. The van der Waals surface area contributed by atoms with Crippen molar-refractivity contribution in [2.75, 3.05) is 33.4 Å². The number of nitrogens with two attached hydrogens (primary N) is 1. The highest BCUT2D eigenvalue weighted by Gasteiger charge is 2.21. The molecule has 7 nitrogen and oxygen atoms in total. The first-order valence-corrected chi connectivity index (χ1v) is 7.24. The van der Waals surface area contributed by atoms with Gasteiger partial charge in [-0.3, -0.25) is 4.79 Å². The number of guanidine groups is 1. The largest absolute Gasteiger partial charge is 0.493 e. The van der Waals surface area contributed by atoms with E-state index in [-0.39, 0.29) is 24.5 Å². The van der Waals surface area contributed by atoms with Crippen LogP contribution < -0.4 is 21.1 Å². The number of methoxy groups -OCH3 is 1. The van der Waals surface area contributed by atoms with Gasteiger partial charge in [0.1, 0.15) is 12.3 Å². The van der Waals surface area contributed by atoms with Crippen LogP contribution >= 0.6 is 0 Å². The summed E-state index contributed by atoms with van der Waals surface area (Å²) in [6.07, 6.45) is 0.799. The van der Waals surface area contributed by atoms with Crippen molar-refractivity contribution in [1.29, 1.82) is 0 Å². The van der Waals surface area contributed by atoms with Gasteiger partial charge in [0, 0.05) is 25.6 Å². The highest BCUT2D eigenvalue weighted by Crippen LogP contribution is 2.31. The number of hydrogen-bond donors (Lipinski definition) is 3. The number of fused-ring (bicyclic) bond motifs is 1. The van der Waals surface area contributed by atoms with Gasteiger partial charge in [0.15, 0.2) is 5.96 Å². The fourth-order valence-corrected chi connectivity index (χ4v) is 2.22. The molecular formula is C15H22N4O3. The maximum Gasteiger partial charge on any atom is 0.241 e. The van der Waals surface area contributed by atoms with Gasteiger partial charge >= 0.3 is 0 Å². The van der Waals surface area contributed by atoms with E-state index in [4.69, 9.17) is 15.2 Å². The van der Waals surface area contributed by atoms with Gasteiger partial charge in [-0.05, 0) is 6.07 Å². The molecule has 0 bridgehead atoms. The van der Waals surface area contributed by atoms with Crippen LogP contribution in [0.15, 0.2) is 29.3 Å². The SMILES string of the molecule is COCCNC(=O)CN=C(N)NC1CCOc2ccccc21. The molecule has 7 heteroatoms. The fraction of sp³-hybridized carbons (Fsp3) is 0.467. The molecule has 2 rings (SSSR count). The Bertz CT molecular complexity index is 533. The highest BCUT2D eigenvalue weighted by atomic mass is 16.5. The minimum Gasteiger partial charge on any atom is -0.493 e. The lowest BCUT2D eigenvalue weighted by Crippen LogP contribution is -2.38. The van der Waals surface area contributed by atoms with E-state index in [1.165, 1.54) is 0 Å². The molecule has 0 saturated carbocycles. The van der Waals surface area contributed by atoms with Crippen LogP contribution in [0.25, 0.3) is 0 Å². The van der Waals surface area contributed by atoms with Crippen molar-refractivity contribution in [3.05, 3.63) is 29.8 Å². The van der Waals surface area contributed by atoms with Crippen LogP contribution in [0.5, 0.6) is 5.75 Å². The van der Waals surface area contributed by atoms with Gasteiger partial charge in [-0.2, -0.15) is 0 Å². The summed E-state index contributed by atoms with van der Waals surface area (Å²) in [6.45, 7) is 1.56. The molecule has 4 N–H and O–H groups in total. The van der Waals surface area contributed by atoms with E-state index >= 15 is 0 Å². The summed E-state index contributed by atoms with van der Waals surface area (Å²) in [7, 11) is 1.58. The number of benzene rings is 1. The Hall–Kier alpha value is -2.28. The second-order valence-corrected chi connectivity index (χ2v) is 4.92. The van der Waals surface area contributed by atoms with Crippen LogP contribution in [-0.2, 0) is 9.53 Å². The monoisotopic (exact) mass is 306 g/mol. The molecule has 0 spiro atoms. The van der Waals surface area contributed by atoms with Crippen molar-refractivity contribution in [3.63, 3.8) is 0 Å². The predicted octanol–water partition coefficient (Wildman–Crippen LogP) is 0.177. The lowest BCUT2D eigenvalue weighted by molar-refractivity contribution is -0.119. The van der Waals surface area contributed by atoms with E-state index in [0.29, 0.717) is 19.8 Å². The Kier molecular flexibility index (Phi) is 6.02. The third kappa shape index (κ3) is 4.63. The number of para-hydroxylation sites is 1. The number of nitrogens with one attached hydrogen (secondary N) is 2. The molecule has 1 heterocycles. The van der Waals surface area contributed by atoms with Crippen molar-refractivity contribution in [3.8, 4) is 5.75 Å². The number of carbonyl (C=O) groups is 1. The van der Waals surface area contributed by atoms with Crippen molar-refractivity contribution in [1.82, 2.24) is 10.6 Å². The molecule has 1 atom stereocenters. The molecule has 0 aliphatic carbocycles. The maximum absolute atomic E-state index is 11.5. The zero-order chi connectivity index (χ0) is 15.8. The third-order valence-electron chi connectivity index (χ3n) is 3.30. The third-order valence-corrected chi connectivity index (χ3v) is 3.30. The molecule has 1 aliphatic rings. The van der Waals surface area contributed by atoms with Crippen LogP contribution in [0.4, 0.5) is 0 Å². The fourth-order valence-electron chi connectivity index (χ4n) is 2.22. The van der Waals surface area contributed by atoms with E-state index < -0.39 is 0 Å². The molecule has 120 valence electrons. The number of carbonyl (C=O) groups excluding carboxylic acids is 1. The van der Waals surface area contributed by atoms with Crippen molar-refractivity contribution in [2.45, 2.75) is 12.5 Å². The lowest BCUT2D eigenvalue weighted by Gasteiger charge is -2.26. The zero-order valence-electron chi connectivity index (χ0n) is 12.7. The molecule has 1 unspecified atom stereocenters. The number of ether oxygens (including phenoxy) is 2. The van der Waals surface area contributed by atoms with Gasteiger partial charge in [-0.15, -0.1) is 0 Å². The Balaban J connectivity index is 1.86. The summed E-state index contributed by atoms with van der Waals surface area (Å²) in [4.78, 5) is 15.6. The normalized spacial score (nSPS) is 17.3. The molecule has 0 saturated heterocycles. The van der Waals surface area contributed by atoms with Gasteiger partial charge in [-0.25, -0.2) is 4.99 Å². The molecule has 22 heavy (non-hydrogen) atoms. The number of rotatable bonds is 6. The topological polar surface area (TPSA) is 98.0 Å². The van der Waals surface area contributed by atoms with Crippen molar-refractivity contribution in [2.24, 2.45) is 10.7 Å². The van der Waals surface area contributed by atoms with E-state index in [1.807, 2.05) is 24.3 Å². The van der Waals surface area contributed by atoms with E-state index in [0.717, 1.165) is 17.7 Å². The van der Waals surface area contributed by atoms with Crippen LogP contribution in [0, 0.1) is 0 Å². The van der Waals surface area contributed by atoms with E-state index in [1.54, 1.807) is 7.11 Å². The van der Waals surface area contributed by atoms with E-state index in [9.17, 15) is 4.79 Å². The molecular weight excluding hydrogens is 284 g/mol. The van der Waals surface area contributed by atoms with Crippen LogP contribution in [0.2, 0.25) is 0 Å². The summed E-state index contributed by atoms with van der Waals surface area (Å²) in [5, 5.41) is 5.82. The predicted molar refractivity (Wildman–Crippen MR) is 83.8 cm³/mol. The Labute approximate surface area is 129 Å². The number of amides is 1. The average Bonchev–Trinajstić information content (AvgIpc) is 2.54. The summed E-state index contributed by atoms with van der Waals surface area (Å²) in [5.74, 6) is 0.925.